The summed E-state index contributed by atoms with van der Waals surface area (Å²) in [6, 6.07) is 15.0. The van der Waals surface area contributed by atoms with E-state index in [1.54, 1.807) is 22.6 Å². The number of amides is 2. The van der Waals surface area contributed by atoms with Crippen LogP contribution >= 0.6 is 23.1 Å². The standard InChI is InChI=1S/C25H22N4O2S2/c1-15-16(2)32-24-22(15)25(27-14-26-24)33-20-10-4-3-9-19(20)23(31)28-17-7-5-8-18(13-17)29-12-6-11-21(29)30/h3-5,7-10,13-14H,6,11-12H2,1-2H3,(H,28,31). The van der Waals surface area contributed by atoms with E-state index in [1.807, 2.05) is 48.5 Å². The van der Waals surface area contributed by atoms with Crippen molar-refractivity contribution in [2.45, 2.75) is 36.6 Å². The number of nitrogens with one attached hydrogen (secondary N) is 1. The first-order chi connectivity index (χ1) is 16.0. The van der Waals surface area contributed by atoms with Gasteiger partial charge in [0.2, 0.25) is 5.91 Å². The number of anilines is 2. The molecular formula is C25H22N4O2S2. The van der Waals surface area contributed by atoms with Crippen LogP contribution in [0.2, 0.25) is 0 Å². The van der Waals surface area contributed by atoms with E-state index >= 15 is 0 Å². The average Bonchev–Trinajstić information content (AvgIpc) is 3.37. The summed E-state index contributed by atoms with van der Waals surface area (Å²) in [4.78, 5) is 39.0. The van der Waals surface area contributed by atoms with Crippen molar-refractivity contribution in [3.05, 3.63) is 70.9 Å². The Morgan fingerprint density at radius 2 is 1.97 bits per heavy atom. The number of fused-ring (bicyclic) bond motifs is 1. The number of hydrogen-bond donors (Lipinski definition) is 1. The Morgan fingerprint density at radius 1 is 1.12 bits per heavy atom. The number of carbonyl (C=O) groups is 2. The zero-order valence-electron chi connectivity index (χ0n) is 18.3. The summed E-state index contributed by atoms with van der Waals surface area (Å²) < 4.78 is 0. The smallest absolute Gasteiger partial charge is 0.256 e. The summed E-state index contributed by atoms with van der Waals surface area (Å²) in [5.74, 6) is -0.0816. The van der Waals surface area contributed by atoms with Crippen LogP contribution in [0.1, 0.15) is 33.6 Å². The Kier molecular flexibility index (Phi) is 5.86. The number of nitrogens with zero attached hydrogens (tertiary/aromatic N) is 3. The molecule has 1 fully saturated rings. The number of rotatable bonds is 5. The number of hydrogen-bond acceptors (Lipinski definition) is 6. The number of benzene rings is 2. The molecule has 3 heterocycles. The van der Waals surface area contributed by atoms with Crippen LogP contribution in [0.25, 0.3) is 10.2 Å². The number of carbonyl (C=O) groups excluding carboxylic acids is 2. The zero-order valence-corrected chi connectivity index (χ0v) is 19.9. The van der Waals surface area contributed by atoms with E-state index < -0.39 is 0 Å². The monoisotopic (exact) mass is 474 g/mol. The number of thiophene rings is 1. The zero-order chi connectivity index (χ0) is 22.9. The Labute approximate surface area is 200 Å². The minimum atomic E-state index is -0.202. The Balaban J connectivity index is 1.42. The fourth-order valence-corrected chi connectivity index (χ4v) is 6.08. The second-order valence-corrected chi connectivity index (χ2v) is 10.1. The first-order valence-electron chi connectivity index (χ1n) is 10.7. The molecule has 0 unspecified atom stereocenters. The molecule has 1 N–H and O–H groups in total. The molecule has 2 amide bonds. The third-order valence-corrected chi connectivity index (χ3v) is 7.95. The maximum atomic E-state index is 13.2. The van der Waals surface area contributed by atoms with Crippen molar-refractivity contribution in [1.82, 2.24) is 9.97 Å². The maximum absolute atomic E-state index is 13.2. The first-order valence-corrected chi connectivity index (χ1v) is 12.3. The van der Waals surface area contributed by atoms with Crippen molar-refractivity contribution in [1.29, 1.82) is 0 Å². The van der Waals surface area contributed by atoms with E-state index in [0.29, 0.717) is 24.2 Å². The highest BCUT2D eigenvalue weighted by Crippen LogP contribution is 2.38. The largest absolute Gasteiger partial charge is 0.322 e. The van der Waals surface area contributed by atoms with E-state index in [-0.39, 0.29) is 11.8 Å². The van der Waals surface area contributed by atoms with Crippen molar-refractivity contribution in [2.75, 3.05) is 16.8 Å². The highest BCUT2D eigenvalue weighted by atomic mass is 32.2. The predicted molar refractivity (Wildman–Crippen MR) is 133 cm³/mol. The quantitative estimate of drug-likeness (QED) is 0.368. The molecule has 0 saturated carbocycles. The Hall–Kier alpha value is -3.23. The summed E-state index contributed by atoms with van der Waals surface area (Å²) in [7, 11) is 0. The molecule has 5 rings (SSSR count). The molecule has 2 aromatic carbocycles. The lowest BCUT2D eigenvalue weighted by Gasteiger charge is -2.17. The molecule has 0 spiro atoms. The second kappa shape index (κ2) is 8.96. The third-order valence-electron chi connectivity index (χ3n) is 5.76. The molecular weight excluding hydrogens is 452 g/mol. The van der Waals surface area contributed by atoms with Gasteiger partial charge in [0.05, 0.1) is 5.56 Å². The fraction of sp³-hybridized carbons (Fsp3) is 0.200. The van der Waals surface area contributed by atoms with Crippen LogP contribution in [0.5, 0.6) is 0 Å². The maximum Gasteiger partial charge on any atom is 0.256 e. The van der Waals surface area contributed by atoms with Gasteiger partial charge < -0.3 is 10.2 Å². The second-order valence-electron chi connectivity index (χ2n) is 7.89. The normalized spacial score (nSPS) is 13.6. The van der Waals surface area contributed by atoms with Crippen molar-refractivity contribution in [2.24, 2.45) is 0 Å². The van der Waals surface area contributed by atoms with Gasteiger partial charge in [-0.3, -0.25) is 9.59 Å². The summed E-state index contributed by atoms with van der Waals surface area (Å²) in [5.41, 5.74) is 3.21. The molecule has 166 valence electrons. The topological polar surface area (TPSA) is 75.2 Å². The number of aromatic nitrogens is 2. The molecule has 33 heavy (non-hydrogen) atoms. The molecule has 0 radical (unpaired) electrons. The van der Waals surface area contributed by atoms with E-state index in [0.717, 1.165) is 32.2 Å². The summed E-state index contributed by atoms with van der Waals surface area (Å²) >= 11 is 3.13. The van der Waals surface area contributed by atoms with Gasteiger partial charge in [-0.1, -0.05) is 30.0 Å². The van der Waals surface area contributed by atoms with Gasteiger partial charge in [0, 0.05) is 39.5 Å². The minimum Gasteiger partial charge on any atom is -0.322 e. The van der Waals surface area contributed by atoms with E-state index in [9.17, 15) is 9.59 Å². The Bertz CT molecular complexity index is 1380. The van der Waals surface area contributed by atoms with E-state index in [4.69, 9.17) is 0 Å². The van der Waals surface area contributed by atoms with Gasteiger partial charge in [-0.25, -0.2) is 9.97 Å². The summed E-state index contributed by atoms with van der Waals surface area (Å²) in [6.45, 7) is 4.88. The van der Waals surface area contributed by atoms with Crippen LogP contribution in [0.4, 0.5) is 11.4 Å². The third kappa shape index (κ3) is 4.24. The van der Waals surface area contributed by atoms with Gasteiger partial charge >= 0.3 is 0 Å². The van der Waals surface area contributed by atoms with Crippen LogP contribution in [-0.4, -0.2) is 28.3 Å². The van der Waals surface area contributed by atoms with Crippen LogP contribution < -0.4 is 10.2 Å². The molecule has 2 aromatic heterocycles. The van der Waals surface area contributed by atoms with Crippen LogP contribution in [0.3, 0.4) is 0 Å². The van der Waals surface area contributed by atoms with Crippen molar-refractivity contribution in [3.8, 4) is 0 Å². The molecule has 1 saturated heterocycles. The molecule has 4 aromatic rings. The number of aryl methyl sites for hydroxylation is 2. The first kappa shape index (κ1) is 21.6. The highest BCUT2D eigenvalue weighted by molar-refractivity contribution is 7.99. The lowest BCUT2D eigenvalue weighted by atomic mass is 10.2. The van der Waals surface area contributed by atoms with Crippen LogP contribution in [0.15, 0.2) is 64.8 Å². The summed E-state index contributed by atoms with van der Waals surface area (Å²) in [6.07, 6.45) is 3.01. The van der Waals surface area contributed by atoms with E-state index in [1.165, 1.54) is 22.2 Å². The Morgan fingerprint density at radius 3 is 2.79 bits per heavy atom. The molecule has 1 aliphatic heterocycles. The molecule has 6 nitrogen and oxygen atoms in total. The highest BCUT2D eigenvalue weighted by Gasteiger charge is 2.22. The molecule has 0 bridgehead atoms. The molecule has 1 aliphatic rings. The van der Waals surface area contributed by atoms with Gasteiger partial charge in [-0.15, -0.1) is 11.3 Å². The van der Waals surface area contributed by atoms with Crippen molar-refractivity contribution < 1.29 is 9.59 Å². The van der Waals surface area contributed by atoms with Gasteiger partial charge in [-0.2, -0.15) is 0 Å². The molecule has 0 atom stereocenters. The van der Waals surface area contributed by atoms with Gasteiger partial charge in [-0.05, 0) is 56.2 Å². The molecule has 0 aliphatic carbocycles. The lowest BCUT2D eigenvalue weighted by Crippen LogP contribution is -2.23. The van der Waals surface area contributed by atoms with Gasteiger partial charge in [0.15, 0.2) is 0 Å². The average molecular weight is 475 g/mol. The van der Waals surface area contributed by atoms with Gasteiger partial charge in [0.25, 0.3) is 5.91 Å². The van der Waals surface area contributed by atoms with Crippen molar-refractivity contribution in [3.63, 3.8) is 0 Å². The minimum absolute atomic E-state index is 0.121. The lowest BCUT2D eigenvalue weighted by molar-refractivity contribution is -0.117. The van der Waals surface area contributed by atoms with E-state index in [2.05, 4.69) is 29.1 Å². The SMILES string of the molecule is Cc1sc2ncnc(Sc3ccccc3C(=O)Nc3cccc(N4CCCC4=O)c3)c2c1C. The van der Waals surface area contributed by atoms with Crippen molar-refractivity contribution >= 4 is 56.5 Å². The van der Waals surface area contributed by atoms with Gasteiger partial charge in [0.1, 0.15) is 16.2 Å². The summed E-state index contributed by atoms with van der Waals surface area (Å²) in [5, 5.41) is 4.88. The van der Waals surface area contributed by atoms with Crippen LogP contribution in [0, 0.1) is 13.8 Å². The molecule has 8 heteroatoms. The predicted octanol–water partition coefficient (Wildman–Crippen LogP) is 5.84. The fourth-order valence-electron chi connectivity index (χ4n) is 3.95. The van der Waals surface area contributed by atoms with Crippen LogP contribution in [-0.2, 0) is 4.79 Å².